The van der Waals surface area contributed by atoms with Crippen LogP contribution in [0.15, 0.2) is 46.9 Å². The minimum absolute atomic E-state index is 0.0321. The second-order valence-electron chi connectivity index (χ2n) is 5.66. The van der Waals surface area contributed by atoms with Gasteiger partial charge in [0.1, 0.15) is 0 Å². The third kappa shape index (κ3) is 4.70. The lowest BCUT2D eigenvalue weighted by molar-refractivity contribution is -0.141. The fourth-order valence-electron chi connectivity index (χ4n) is 2.62. The number of benzene rings is 2. The number of carbonyl (C=O) groups is 3. The lowest BCUT2D eigenvalue weighted by Gasteiger charge is -2.21. The molecule has 0 heterocycles. The molecule has 0 spiro atoms. The Hall–Kier alpha value is -2.67. The van der Waals surface area contributed by atoms with Gasteiger partial charge in [-0.15, -0.1) is 0 Å². The standard InChI is InChI=1S/C19H18BrNO5/c1-11-9-12(20)7-8-13(11)16(10-17(22)26-2)21-18(23)14-5-3-4-6-15(14)19(24)25/h3-9,16H,10H2,1-2H3,(H,21,23)(H,24,25)/t16-/m1/s1. The average molecular weight is 420 g/mol. The number of esters is 1. The summed E-state index contributed by atoms with van der Waals surface area (Å²) in [5.74, 6) is -2.25. The van der Waals surface area contributed by atoms with E-state index >= 15 is 0 Å². The van der Waals surface area contributed by atoms with Gasteiger partial charge in [0.25, 0.3) is 5.91 Å². The van der Waals surface area contributed by atoms with Crippen molar-refractivity contribution in [1.29, 1.82) is 0 Å². The summed E-state index contributed by atoms with van der Waals surface area (Å²) in [6, 6.07) is 10.8. The maximum atomic E-state index is 12.7. The van der Waals surface area contributed by atoms with E-state index in [4.69, 9.17) is 4.74 Å². The van der Waals surface area contributed by atoms with Crippen molar-refractivity contribution in [2.45, 2.75) is 19.4 Å². The number of aryl methyl sites for hydroxylation is 1. The van der Waals surface area contributed by atoms with E-state index in [1.165, 1.54) is 19.2 Å². The molecule has 2 aromatic carbocycles. The summed E-state index contributed by atoms with van der Waals surface area (Å²) in [4.78, 5) is 35.8. The maximum Gasteiger partial charge on any atom is 0.336 e. The molecule has 7 heteroatoms. The SMILES string of the molecule is COC(=O)C[C@@H](NC(=O)c1ccccc1C(=O)O)c1ccc(Br)cc1C. The highest BCUT2D eigenvalue weighted by atomic mass is 79.9. The van der Waals surface area contributed by atoms with Crippen LogP contribution in [0.4, 0.5) is 0 Å². The van der Waals surface area contributed by atoms with Crippen LogP contribution in [-0.2, 0) is 9.53 Å². The van der Waals surface area contributed by atoms with E-state index in [2.05, 4.69) is 21.2 Å². The molecule has 136 valence electrons. The van der Waals surface area contributed by atoms with Crippen molar-refractivity contribution in [2.75, 3.05) is 7.11 Å². The quantitative estimate of drug-likeness (QED) is 0.698. The summed E-state index contributed by atoms with van der Waals surface area (Å²) in [5, 5.41) is 12.0. The first kappa shape index (κ1) is 19.7. The number of carboxylic acid groups (broad SMARTS) is 1. The number of hydrogen-bond donors (Lipinski definition) is 2. The van der Waals surface area contributed by atoms with Crippen molar-refractivity contribution < 1.29 is 24.2 Å². The van der Waals surface area contributed by atoms with E-state index < -0.39 is 23.9 Å². The number of carboxylic acids is 1. The Morgan fingerprint density at radius 3 is 2.38 bits per heavy atom. The van der Waals surface area contributed by atoms with Gasteiger partial charge in [-0.05, 0) is 42.3 Å². The summed E-state index contributed by atoms with van der Waals surface area (Å²) < 4.78 is 5.59. The van der Waals surface area contributed by atoms with E-state index in [0.717, 1.165) is 15.6 Å². The van der Waals surface area contributed by atoms with Crippen molar-refractivity contribution in [1.82, 2.24) is 5.32 Å². The Kier molecular flexibility index (Phi) is 6.52. The van der Waals surface area contributed by atoms with Gasteiger partial charge >= 0.3 is 11.9 Å². The highest BCUT2D eigenvalue weighted by Gasteiger charge is 2.23. The van der Waals surface area contributed by atoms with Gasteiger partial charge in [0.15, 0.2) is 0 Å². The molecule has 0 aliphatic carbocycles. The second kappa shape index (κ2) is 8.62. The summed E-state index contributed by atoms with van der Waals surface area (Å²) in [7, 11) is 1.27. The molecule has 0 aromatic heterocycles. The number of aromatic carboxylic acids is 1. The number of halogens is 1. The molecule has 0 aliphatic rings. The van der Waals surface area contributed by atoms with E-state index in [-0.39, 0.29) is 17.5 Å². The van der Waals surface area contributed by atoms with Crippen LogP contribution in [0.2, 0.25) is 0 Å². The average Bonchev–Trinajstić information content (AvgIpc) is 2.61. The zero-order valence-electron chi connectivity index (χ0n) is 14.3. The Morgan fingerprint density at radius 2 is 1.81 bits per heavy atom. The molecule has 2 rings (SSSR count). The Morgan fingerprint density at radius 1 is 1.15 bits per heavy atom. The zero-order chi connectivity index (χ0) is 19.3. The van der Waals surface area contributed by atoms with E-state index in [1.807, 2.05) is 19.1 Å². The third-order valence-corrected chi connectivity index (χ3v) is 4.41. The van der Waals surface area contributed by atoms with Gasteiger partial charge in [-0.2, -0.15) is 0 Å². The Balaban J connectivity index is 2.36. The highest BCUT2D eigenvalue weighted by Crippen LogP contribution is 2.25. The third-order valence-electron chi connectivity index (χ3n) is 3.91. The molecular formula is C19H18BrNO5. The van der Waals surface area contributed by atoms with Crippen molar-refractivity contribution in [3.05, 3.63) is 69.2 Å². The van der Waals surface area contributed by atoms with Gasteiger partial charge < -0.3 is 15.2 Å². The van der Waals surface area contributed by atoms with Crippen LogP contribution in [0.3, 0.4) is 0 Å². The van der Waals surface area contributed by atoms with Crippen LogP contribution in [0, 0.1) is 6.92 Å². The smallest absolute Gasteiger partial charge is 0.336 e. The molecule has 2 aromatic rings. The topological polar surface area (TPSA) is 92.7 Å². The molecule has 0 fully saturated rings. The van der Waals surface area contributed by atoms with Gasteiger partial charge in [0, 0.05) is 4.47 Å². The summed E-state index contributed by atoms with van der Waals surface area (Å²) in [6.45, 7) is 1.86. The van der Waals surface area contributed by atoms with Crippen LogP contribution in [0.5, 0.6) is 0 Å². The molecule has 0 aliphatic heterocycles. The molecular weight excluding hydrogens is 402 g/mol. The predicted octanol–water partition coefficient (Wildman–Crippen LogP) is 3.49. The van der Waals surface area contributed by atoms with Crippen molar-refractivity contribution in [3.63, 3.8) is 0 Å². The molecule has 1 amide bonds. The Labute approximate surface area is 159 Å². The van der Waals surface area contributed by atoms with Gasteiger partial charge in [-0.1, -0.05) is 34.1 Å². The lowest BCUT2D eigenvalue weighted by atomic mass is 9.98. The minimum Gasteiger partial charge on any atom is -0.478 e. The molecule has 26 heavy (non-hydrogen) atoms. The van der Waals surface area contributed by atoms with Crippen LogP contribution in [0.25, 0.3) is 0 Å². The molecule has 1 atom stereocenters. The zero-order valence-corrected chi connectivity index (χ0v) is 15.9. The second-order valence-corrected chi connectivity index (χ2v) is 6.57. The highest BCUT2D eigenvalue weighted by molar-refractivity contribution is 9.10. The van der Waals surface area contributed by atoms with Gasteiger partial charge in [-0.3, -0.25) is 9.59 Å². The first-order chi connectivity index (χ1) is 12.3. The van der Waals surface area contributed by atoms with Crippen molar-refractivity contribution in [3.8, 4) is 0 Å². The number of ether oxygens (including phenoxy) is 1. The van der Waals surface area contributed by atoms with Crippen LogP contribution < -0.4 is 5.32 Å². The molecule has 0 saturated heterocycles. The minimum atomic E-state index is -1.19. The molecule has 6 nitrogen and oxygen atoms in total. The maximum absolute atomic E-state index is 12.7. The normalized spacial score (nSPS) is 11.5. The van der Waals surface area contributed by atoms with Gasteiger partial charge in [0.2, 0.25) is 0 Å². The Bertz CT molecular complexity index is 850. The molecule has 0 bridgehead atoms. The largest absolute Gasteiger partial charge is 0.478 e. The lowest BCUT2D eigenvalue weighted by Crippen LogP contribution is -2.32. The van der Waals surface area contributed by atoms with Crippen molar-refractivity contribution in [2.24, 2.45) is 0 Å². The summed E-state index contributed by atoms with van der Waals surface area (Å²) >= 11 is 3.38. The number of nitrogens with one attached hydrogen (secondary N) is 1. The fraction of sp³-hybridized carbons (Fsp3) is 0.211. The van der Waals surface area contributed by atoms with Crippen LogP contribution in [-0.4, -0.2) is 30.1 Å². The van der Waals surface area contributed by atoms with E-state index in [0.29, 0.717) is 0 Å². The first-order valence-corrected chi connectivity index (χ1v) is 8.58. The number of carbonyl (C=O) groups excluding carboxylic acids is 2. The van der Waals surface area contributed by atoms with Crippen LogP contribution in [0.1, 0.15) is 44.3 Å². The number of amides is 1. The number of methoxy groups -OCH3 is 1. The first-order valence-electron chi connectivity index (χ1n) is 7.79. The summed E-state index contributed by atoms with van der Waals surface area (Å²) in [5.41, 5.74) is 1.55. The van der Waals surface area contributed by atoms with Gasteiger partial charge in [-0.25, -0.2) is 4.79 Å². The molecule has 0 radical (unpaired) electrons. The predicted molar refractivity (Wildman–Crippen MR) is 99.1 cm³/mol. The summed E-state index contributed by atoms with van der Waals surface area (Å²) in [6.07, 6.45) is -0.0695. The molecule has 2 N–H and O–H groups in total. The van der Waals surface area contributed by atoms with E-state index in [1.54, 1.807) is 18.2 Å². The van der Waals surface area contributed by atoms with Crippen LogP contribution >= 0.6 is 15.9 Å². The van der Waals surface area contributed by atoms with E-state index in [9.17, 15) is 19.5 Å². The van der Waals surface area contributed by atoms with Gasteiger partial charge in [0.05, 0.1) is 30.7 Å². The molecule has 0 saturated carbocycles. The van der Waals surface area contributed by atoms with Crippen molar-refractivity contribution >= 4 is 33.8 Å². The number of hydrogen-bond acceptors (Lipinski definition) is 4. The monoisotopic (exact) mass is 419 g/mol. The number of rotatable bonds is 6. The fourth-order valence-corrected chi connectivity index (χ4v) is 3.10. The molecule has 0 unspecified atom stereocenters.